The van der Waals surface area contributed by atoms with Crippen molar-refractivity contribution in [3.05, 3.63) is 29.0 Å². The Morgan fingerprint density at radius 1 is 1.53 bits per heavy atom. The Morgan fingerprint density at radius 2 is 2.27 bits per heavy atom. The molecule has 1 heterocycles. The second kappa shape index (κ2) is 7.88. The molecule has 0 aromatic carbocycles. The number of hydrogen-bond acceptors (Lipinski definition) is 3. The van der Waals surface area contributed by atoms with E-state index in [0.29, 0.717) is 0 Å². The summed E-state index contributed by atoms with van der Waals surface area (Å²) in [6, 6.07) is 1.96. The van der Waals surface area contributed by atoms with E-state index in [9.17, 15) is 0 Å². The topological polar surface area (TPSA) is 28.2 Å². The van der Waals surface area contributed by atoms with Crippen LogP contribution in [0, 0.1) is 0 Å². The number of halogens is 2. The van der Waals surface area contributed by atoms with Crippen molar-refractivity contribution in [3.63, 3.8) is 0 Å². The van der Waals surface area contributed by atoms with E-state index in [4.69, 9.17) is 11.6 Å². The molecule has 0 saturated carbocycles. The van der Waals surface area contributed by atoms with Gasteiger partial charge in [-0.25, -0.2) is 0 Å². The molecule has 0 aliphatic heterocycles. The van der Waals surface area contributed by atoms with Crippen LogP contribution in [0.25, 0.3) is 0 Å². The molecule has 0 fully saturated rings. The minimum absolute atomic E-state index is 0. The molecule has 1 rings (SSSR count). The molecule has 0 atom stereocenters. The predicted molar refractivity (Wildman–Crippen MR) is 66.8 cm³/mol. The third-order valence-electron chi connectivity index (χ3n) is 2.04. The second-order valence-electron chi connectivity index (χ2n) is 3.31. The van der Waals surface area contributed by atoms with Gasteiger partial charge in [0.05, 0.1) is 5.02 Å². The average Bonchev–Trinajstić information content (AvgIpc) is 2.18. The zero-order valence-corrected chi connectivity index (χ0v) is 10.6. The molecule has 0 saturated heterocycles. The van der Waals surface area contributed by atoms with Crippen molar-refractivity contribution in [2.75, 3.05) is 27.2 Å². The van der Waals surface area contributed by atoms with Crippen LogP contribution in [-0.4, -0.2) is 37.1 Å². The summed E-state index contributed by atoms with van der Waals surface area (Å²) in [6.07, 6.45) is 3.45. The lowest BCUT2D eigenvalue weighted by atomic mass is 10.2. The Bertz CT molecular complexity index is 281. The number of likely N-dealkylation sites (N-methyl/N-ethyl adjacent to an activating group) is 2. The van der Waals surface area contributed by atoms with E-state index < -0.39 is 0 Å². The van der Waals surface area contributed by atoms with Crippen molar-refractivity contribution in [2.24, 2.45) is 0 Å². The van der Waals surface area contributed by atoms with E-state index in [1.807, 2.05) is 13.1 Å². The fourth-order valence-corrected chi connectivity index (χ4v) is 1.38. The number of aromatic nitrogens is 1. The van der Waals surface area contributed by atoms with Crippen LogP contribution in [0.15, 0.2) is 18.5 Å². The monoisotopic (exact) mass is 249 g/mol. The molecule has 1 aromatic rings. The first-order chi connectivity index (χ1) is 6.74. The minimum Gasteiger partial charge on any atom is -0.318 e. The molecule has 0 bridgehead atoms. The van der Waals surface area contributed by atoms with Crippen molar-refractivity contribution in [2.45, 2.75) is 6.54 Å². The summed E-state index contributed by atoms with van der Waals surface area (Å²) in [6.45, 7) is 2.86. The fourth-order valence-electron chi connectivity index (χ4n) is 1.20. The number of rotatable bonds is 5. The zero-order valence-electron chi connectivity index (χ0n) is 9.03. The summed E-state index contributed by atoms with van der Waals surface area (Å²) in [5.41, 5.74) is 1.13. The van der Waals surface area contributed by atoms with Gasteiger partial charge in [-0.1, -0.05) is 11.6 Å². The van der Waals surface area contributed by atoms with E-state index in [1.54, 1.807) is 12.4 Å². The highest BCUT2D eigenvalue weighted by Crippen LogP contribution is 2.14. The Balaban J connectivity index is 0.00000196. The van der Waals surface area contributed by atoms with Crippen molar-refractivity contribution in [1.29, 1.82) is 0 Å². The summed E-state index contributed by atoms with van der Waals surface area (Å²) in [5, 5.41) is 3.85. The molecule has 0 aliphatic rings. The van der Waals surface area contributed by atoms with E-state index in [0.717, 1.165) is 30.2 Å². The number of nitrogens with zero attached hydrogens (tertiary/aromatic N) is 2. The largest absolute Gasteiger partial charge is 0.318 e. The maximum absolute atomic E-state index is 6.00. The summed E-state index contributed by atoms with van der Waals surface area (Å²) in [5.74, 6) is 0. The Labute approximate surface area is 102 Å². The first-order valence-electron chi connectivity index (χ1n) is 4.65. The summed E-state index contributed by atoms with van der Waals surface area (Å²) >= 11 is 6.00. The SMILES string of the molecule is CNCCN(C)Cc1ccncc1Cl.Cl. The molecular weight excluding hydrogens is 233 g/mol. The number of pyridine rings is 1. The fraction of sp³-hybridized carbons (Fsp3) is 0.500. The van der Waals surface area contributed by atoms with E-state index >= 15 is 0 Å². The molecule has 0 unspecified atom stereocenters. The van der Waals surface area contributed by atoms with Crippen LogP contribution in [-0.2, 0) is 6.54 Å². The van der Waals surface area contributed by atoms with Crippen LogP contribution in [0.1, 0.15) is 5.56 Å². The van der Waals surface area contributed by atoms with Crippen LogP contribution in [0.4, 0.5) is 0 Å². The highest BCUT2D eigenvalue weighted by molar-refractivity contribution is 6.31. The molecule has 0 radical (unpaired) electrons. The standard InChI is InChI=1S/C10H16ClN3.ClH/c1-12-5-6-14(2)8-9-3-4-13-7-10(9)11;/h3-4,7,12H,5-6,8H2,1-2H3;1H. The third-order valence-corrected chi connectivity index (χ3v) is 2.38. The Kier molecular flexibility index (Phi) is 7.70. The first-order valence-corrected chi connectivity index (χ1v) is 5.03. The Morgan fingerprint density at radius 3 is 2.87 bits per heavy atom. The first kappa shape index (κ1) is 14.6. The van der Waals surface area contributed by atoms with Gasteiger partial charge in [0.1, 0.15) is 0 Å². The third kappa shape index (κ3) is 5.33. The van der Waals surface area contributed by atoms with Gasteiger partial charge >= 0.3 is 0 Å². The highest BCUT2D eigenvalue weighted by Gasteiger charge is 2.03. The summed E-state index contributed by atoms with van der Waals surface area (Å²) < 4.78 is 0. The van der Waals surface area contributed by atoms with Crippen LogP contribution >= 0.6 is 24.0 Å². The van der Waals surface area contributed by atoms with Gasteiger partial charge in [-0.15, -0.1) is 12.4 Å². The lowest BCUT2D eigenvalue weighted by molar-refractivity contribution is 0.328. The Hall–Kier alpha value is -0.350. The number of nitrogens with one attached hydrogen (secondary N) is 1. The maximum Gasteiger partial charge on any atom is 0.0634 e. The average molecular weight is 250 g/mol. The lowest BCUT2D eigenvalue weighted by Gasteiger charge is -2.16. The minimum atomic E-state index is 0. The van der Waals surface area contributed by atoms with Gasteiger partial charge in [0.15, 0.2) is 0 Å². The van der Waals surface area contributed by atoms with Gasteiger partial charge in [-0.05, 0) is 25.7 Å². The van der Waals surface area contributed by atoms with E-state index in [2.05, 4.69) is 22.2 Å². The molecule has 0 amide bonds. The smallest absolute Gasteiger partial charge is 0.0634 e. The van der Waals surface area contributed by atoms with Crippen molar-refractivity contribution < 1.29 is 0 Å². The van der Waals surface area contributed by atoms with Gasteiger partial charge in [-0.3, -0.25) is 4.98 Å². The van der Waals surface area contributed by atoms with Gasteiger partial charge in [0.25, 0.3) is 0 Å². The molecule has 5 heteroatoms. The van der Waals surface area contributed by atoms with E-state index in [-0.39, 0.29) is 12.4 Å². The molecule has 15 heavy (non-hydrogen) atoms. The summed E-state index contributed by atoms with van der Waals surface area (Å²) in [7, 11) is 4.03. The van der Waals surface area contributed by atoms with Crippen molar-refractivity contribution in [3.8, 4) is 0 Å². The van der Waals surface area contributed by atoms with Gasteiger partial charge in [0, 0.05) is 32.0 Å². The quantitative estimate of drug-likeness (QED) is 0.863. The predicted octanol–water partition coefficient (Wildman–Crippen LogP) is 1.81. The van der Waals surface area contributed by atoms with Gasteiger partial charge in [-0.2, -0.15) is 0 Å². The maximum atomic E-state index is 6.00. The van der Waals surface area contributed by atoms with Crippen molar-refractivity contribution in [1.82, 2.24) is 15.2 Å². The van der Waals surface area contributed by atoms with Crippen LogP contribution in [0.2, 0.25) is 5.02 Å². The molecule has 0 spiro atoms. The van der Waals surface area contributed by atoms with E-state index in [1.165, 1.54) is 0 Å². The van der Waals surface area contributed by atoms with Crippen LogP contribution in [0.3, 0.4) is 0 Å². The molecular formula is C10H17Cl2N3. The molecule has 1 aromatic heterocycles. The highest BCUT2D eigenvalue weighted by atomic mass is 35.5. The van der Waals surface area contributed by atoms with Crippen LogP contribution < -0.4 is 5.32 Å². The number of hydrogen-bond donors (Lipinski definition) is 1. The molecule has 86 valence electrons. The summed E-state index contributed by atoms with van der Waals surface area (Å²) in [4.78, 5) is 6.17. The molecule has 0 aliphatic carbocycles. The van der Waals surface area contributed by atoms with Crippen molar-refractivity contribution >= 4 is 24.0 Å². The van der Waals surface area contributed by atoms with Gasteiger partial charge < -0.3 is 10.2 Å². The zero-order chi connectivity index (χ0) is 10.4. The van der Waals surface area contributed by atoms with Crippen LogP contribution in [0.5, 0.6) is 0 Å². The van der Waals surface area contributed by atoms with Gasteiger partial charge in [0.2, 0.25) is 0 Å². The normalized spacial score (nSPS) is 10.1. The molecule has 3 nitrogen and oxygen atoms in total. The lowest BCUT2D eigenvalue weighted by Crippen LogP contribution is -2.27. The molecule has 1 N–H and O–H groups in total. The second-order valence-corrected chi connectivity index (χ2v) is 3.72.